The first-order valence-electron chi connectivity index (χ1n) is 4.78. The van der Waals surface area contributed by atoms with Crippen molar-refractivity contribution in [2.75, 3.05) is 0 Å². The molecule has 3 nitrogen and oxygen atoms in total. The monoisotopic (exact) mass is 283 g/mol. The van der Waals surface area contributed by atoms with Crippen LogP contribution < -0.4 is 5.73 Å². The quantitative estimate of drug-likeness (QED) is 0.920. The number of aryl methyl sites for hydroxylation is 1. The lowest BCUT2D eigenvalue weighted by Gasteiger charge is -2.11. The summed E-state index contributed by atoms with van der Waals surface area (Å²) < 4.78 is 15.4. The lowest BCUT2D eigenvalue weighted by atomic mass is 10.1. The second-order valence-electron chi connectivity index (χ2n) is 3.53. The van der Waals surface area contributed by atoms with Gasteiger partial charge in [0.05, 0.1) is 16.2 Å². The van der Waals surface area contributed by atoms with Gasteiger partial charge in [0, 0.05) is 13.2 Å². The molecule has 1 aromatic heterocycles. The molecule has 2 rings (SSSR count). The Labute approximate surface area is 101 Å². The lowest BCUT2D eigenvalue weighted by molar-refractivity contribution is 0.614. The van der Waals surface area contributed by atoms with Gasteiger partial charge in [-0.3, -0.25) is 4.68 Å². The van der Waals surface area contributed by atoms with Gasteiger partial charge in [0.2, 0.25) is 0 Å². The molecule has 2 aromatic rings. The maximum Gasteiger partial charge on any atom is 0.137 e. The van der Waals surface area contributed by atoms with Gasteiger partial charge in [0.15, 0.2) is 0 Å². The number of benzene rings is 1. The van der Waals surface area contributed by atoms with E-state index < -0.39 is 6.04 Å². The molecule has 0 spiro atoms. The number of aromatic nitrogens is 2. The van der Waals surface area contributed by atoms with Crippen LogP contribution in [0.25, 0.3) is 0 Å². The Morgan fingerprint density at radius 3 is 2.81 bits per heavy atom. The number of nitrogens with zero attached hydrogens (tertiary/aromatic N) is 2. The molecule has 16 heavy (non-hydrogen) atoms. The molecule has 1 heterocycles. The molecule has 0 saturated heterocycles. The second-order valence-corrected chi connectivity index (χ2v) is 4.33. The summed E-state index contributed by atoms with van der Waals surface area (Å²) in [6.45, 7) is 0. The SMILES string of the molecule is Cn1ccc(C(N)c2cccc(F)c2Br)n1. The van der Waals surface area contributed by atoms with E-state index in [0.29, 0.717) is 15.7 Å². The Hall–Kier alpha value is -1.20. The van der Waals surface area contributed by atoms with Crippen molar-refractivity contribution in [2.24, 2.45) is 12.8 Å². The Morgan fingerprint density at radius 1 is 1.44 bits per heavy atom. The van der Waals surface area contributed by atoms with Crippen LogP contribution in [0.1, 0.15) is 17.3 Å². The molecule has 5 heteroatoms. The molecular formula is C11H11BrFN3. The van der Waals surface area contributed by atoms with Crippen LogP contribution in [0.2, 0.25) is 0 Å². The van der Waals surface area contributed by atoms with Crippen LogP contribution in [-0.4, -0.2) is 9.78 Å². The maximum absolute atomic E-state index is 13.3. The summed E-state index contributed by atoms with van der Waals surface area (Å²) in [6.07, 6.45) is 1.81. The zero-order chi connectivity index (χ0) is 11.7. The molecule has 0 bridgehead atoms. The van der Waals surface area contributed by atoms with Crippen LogP contribution in [0.3, 0.4) is 0 Å². The fourth-order valence-electron chi connectivity index (χ4n) is 1.52. The van der Waals surface area contributed by atoms with E-state index in [-0.39, 0.29) is 5.82 Å². The minimum atomic E-state index is -0.425. The molecule has 0 aliphatic carbocycles. The van der Waals surface area contributed by atoms with Gasteiger partial charge < -0.3 is 5.73 Å². The maximum atomic E-state index is 13.3. The molecule has 0 amide bonds. The number of hydrogen-bond donors (Lipinski definition) is 1. The van der Waals surface area contributed by atoms with E-state index in [1.165, 1.54) is 6.07 Å². The van der Waals surface area contributed by atoms with Crippen LogP contribution in [-0.2, 0) is 7.05 Å². The summed E-state index contributed by atoms with van der Waals surface area (Å²) in [6, 6.07) is 6.21. The van der Waals surface area contributed by atoms with Gasteiger partial charge in [-0.2, -0.15) is 5.10 Å². The smallest absolute Gasteiger partial charge is 0.137 e. The molecule has 0 aliphatic heterocycles. The standard InChI is InChI=1S/C11H11BrFN3/c1-16-6-5-9(15-16)11(14)7-3-2-4-8(13)10(7)12/h2-6,11H,14H2,1H3. The van der Waals surface area contributed by atoms with Crippen molar-refractivity contribution in [1.82, 2.24) is 9.78 Å². The average Bonchev–Trinajstić information content (AvgIpc) is 2.68. The van der Waals surface area contributed by atoms with Crippen molar-refractivity contribution < 1.29 is 4.39 Å². The molecule has 0 fully saturated rings. The molecule has 0 radical (unpaired) electrons. The fraction of sp³-hybridized carbons (Fsp3) is 0.182. The highest BCUT2D eigenvalue weighted by Gasteiger charge is 2.16. The summed E-state index contributed by atoms with van der Waals surface area (Å²) in [7, 11) is 1.82. The molecule has 1 aromatic carbocycles. The van der Waals surface area contributed by atoms with Crippen molar-refractivity contribution in [2.45, 2.75) is 6.04 Å². The van der Waals surface area contributed by atoms with E-state index in [9.17, 15) is 4.39 Å². The summed E-state index contributed by atoms with van der Waals surface area (Å²) >= 11 is 3.20. The van der Waals surface area contributed by atoms with Gasteiger partial charge in [-0.1, -0.05) is 12.1 Å². The summed E-state index contributed by atoms with van der Waals surface area (Å²) in [5.74, 6) is -0.316. The number of hydrogen-bond acceptors (Lipinski definition) is 2. The number of halogens is 2. The molecule has 0 saturated carbocycles. The van der Waals surface area contributed by atoms with Crippen LogP contribution in [0, 0.1) is 5.82 Å². The van der Waals surface area contributed by atoms with Gasteiger partial charge in [-0.05, 0) is 33.6 Å². The highest BCUT2D eigenvalue weighted by molar-refractivity contribution is 9.10. The zero-order valence-electron chi connectivity index (χ0n) is 8.69. The van der Waals surface area contributed by atoms with Crippen molar-refractivity contribution >= 4 is 15.9 Å². The molecule has 2 N–H and O–H groups in total. The van der Waals surface area contributed by atoms with E-state index in [4.69, 9.17) is 5.73 Å². The van der Waals surface area contributed by atoms with E-state index in [0.717, 1.165) is 0 Å². The molecule has 0 aliphatic rings. The van der Waals surface area contributed by atoms with Gasteiger partial charge in [-0.15, -0.1) is 0 Å². The van der Waals surface area contributed by atoms with Gasteiger partial charge in [0.25, 0.3) is 0 Å². The highest BCUT2D eigenvalue weighted by Crippen LogP contribution is 2.27. The first-order valence-corrected chi connectivity index (χ1v) is 5.58. The lowest BCUT2D eigenvalue weighted by Crippen LogP contribution is -2.14. The predicted octanol–water partition coefficient (Wildman–Crippen LogP) is 2.37. The van der Waals surface area contributed by atoms with Crippen LogP contribution in [0.4, 0.5) is 4.39 Å². The third kappa shape index (κ3) is 2.01. The fourth-order valence-corrected chi connectivity index (χ4v) is 2.03. The topological polar surface area (TPSA) is 43.8 Å². The zero-order valence-corrected chi connectivity index (χ0v) is 10.3. The van der Waals surface area contributed by atoms with Crippen molar-refractivity contribution in [3.63, 3.8) is 0 Å². The van der Waals surface area contributed by atoms with E-state index in [2.05, 4.69) is 21.0 Å². The third-order valence-electron chi connectivity index (χ3n) is 2.37. The predicted molar refractivity (Wildman–Crippen MR) is 63.3 cm³/mol. The Morgan fingerprint density at radius 2 is 2.19 bits per heavy atom. The molecule has 84 valence electrons. The van der Waals surface area contributed by atoms with Crippen LogP contribution in [0.5, 0.6) is 0 Å². The van der Waals surface area contributed by atoms with Crippen molar-refractivity contribution in [1.29, 1.82) is 0 Å². The van der Waals surface area contributed by atoms with Gasteiger partial charge in [-0.25, -0.2) is 4.39 Å². The largest absolute Gasteiger partial charge is 0.319 e. The van der Waals surface area contributed by atoms with E-state index in [1.807, 2.05) is 19.3 Å². The summed E-state index contributed by atoms with van der Waals surface area (Å²) in [5, 5.41) is 4.21. The average molecular weight is 284 g/mol. The molecular weight excluding hydrogens is 273 g/mol. The number of nitrogens with two attached hydrogens (primary N) is 1. The van der Waals surface area contributed by atoms with E-state index in [1.54, 1.807) is 16.8 Å². The highest BCUT2D eigenvalue weighted by atomic mass is 79.9. The first-order chi connectivity index (χ1) is 7.59. The first kappa shape index (κ1) is 11.3. The van der Waals surface area contributed by atoms with Crippen molar-refractivity contribution in [3.05, 3.63) is 52.0 Å². The Kier molecular flexibility index (Phi) is 3.07. The summed E-state index contributed by atoms with van der Waals surface area (Å²) in [5.41, 5.74) is 7.44. The minimum Gasteiger partial charge on any atom is -0.319 e. The Bertz CT molecular complexity index is 510. The molecule has 1 atom stereocenters. The Balaban J connectivity index is 2.41. The van der Waals surface area contributed by atoms with Crippen LogP contribution >= 0.6 is 15.9 Å². The summed E-state index contributed by atoms with van der Waals surface area (Å²) in [4.78, 5) is 0. The second kappa shape index (κ2) is 4.35. The molecule has 1 unspecified atom stereocenters. The normalized spacial score (nSPS) is 12.8. The third-order valence-corrected chi connectivity index (χ3v) is 3.21. The minimum absolute atomic E-state index is 0.316. The van der Waals surface area contributed by atoms with Crippen LogP contribution in [0.15, 0.2) is 34.9 Å². The van der Waals surface area contributed by atoms with Gasteiger partial charge in [0.1, 0.15) is 5.82 Å². The number of rotatable bonds is 2. The van der Waals surface area contributed by atoms with Crippen molar-refractivity contribution in [3.8, 4) is 0 Å². The van der Waals surface area contributed by atoms with E-state index >= 15 is 0 Å². The van der Waals surface area contributed by atoms with Gasteiger partial charge >= 0.3 is 0 Å².